The quantitative estimate of drug-likeness (QED) is 0.643. The van der Waals surface area contributed by atoms with Gasteiger partial charge in [-0.3, -0.25) is 0 Å². The molecule has 0 spiro atoms. The van der Waals surface area contributed by atoms with Gasteiger partial charge in [-0.1, -0.05) is 30.3 Å². The Morgan fingerprint density at radius 3 is 2.00 bits per heavy atom. The van der Waals surface area contributed by atoms with E-state index in [1.54, 1.807) is 30.3 Å². The molecule has 0 saturated carbocycles. The molecule has 0 nitrogen and oxygen atoms in total. The summed E-state index contributed by atoms with van der Waals surface area (Å²) in [5.74, 6) is -0.890. The molecule has 4 heteroatoms. The van der Waals surface area contributed by atoms with Gasteiger partial charge in [0.2, 0.25) is 0 Å². The fourth-order valence-corrected chi connectivity index (χ4v) is 1.55. The smallest absolute Gasteiger partial charge is 0.207 e. The van der Waals surface area contributed by atoms with Crippen molar-refractivity contribution < 1.29 is 17.6 Å². The van der Waals surface area contributed by atoms with Crippen molar-refractivity contribution in [2.45, 2.75) is 6.18 Å². The minimum Gasteiger partial charge on any atom is -0.207 e. The Bertz CT molecular complexity index is 515. The average molecular weight is 240 g/mol. The van der Waals surface area contributed by atoms with Crippen LogP contribution in [0, 0.1) is 5.82 Å². The molecular weight excluding hydrogens is 232 g/mol. The van der Waals surface area contributed by atoms with E-state index in [1.807, 2.05) is 0 Å². The molecule has 0 radical (unpaired) electrons. The number of hydrogen-bond acceptors (Lipinski definition) is 0. The third-order valence-corrected chi connectivity index (χ3v) is 2.33. The minimum absolute atomic E-state index is 0.220. The van der Waals surface area contributed by atoms with Crippen LogP contribution in [0.4, 0.5) is 17.6 Å². The maximum atomic E-state index is 13.1. The van der Waals surface area contributed by atoms with Gasteiger partial charge in [-0.15, -0.1) is 0 Å². The van der Waals surface area contributed by atoms with E-state index in [1.165, 1.54) is 0 Å². The molecule has 0 saturated heterocycles. The predicted octanol–water partition coefficient (Wildman–Crippen LogP) is 4.51. The van der Waals surface area contributed by atoms with Crippen molar-refractivity contribution in [2.75, 3.05) is 0 Å². The third-order valence-electron chi connectivity index (χ3n) is 2.33. The molecule has 0 bridgehead atoms. The molecule has 0 heterocycles. The van der Waals surface area contributed by atoms with E-state index >= 15 is 0 Å². The van der Waals surface area contributed by atoms with Gasteiger partial charge in [0, 0.05) is 0 Å². The summed E-state index contributed by atoms with van der Waals surface area (Å²) in [5.41, 5.74) is -0.202. The van der Waals surface area contributed by atoms with E-state index in [4.69, 9.17) is 0 Å². The van der Waals surface area contributed by atoms with Gasteiger partial charge >= 0.3 is 6.18 Å². The molecule has 2 aromatic rings. The highest BCUT2D eigenvalue weighted by atomic mass is 19.4. The van der Waals surface area contributed by atoms with E-state index in [0.29, 0.717) is 11.6 Å². The Kier molecular flexibility index (Phi) is 2.88. The van der Waals surface area contributed by atoms with Crippen LogP contribution in [-0.4, -0.2) is 0 Å². The summed E-state index contributed by atoms with van der Waals surface area (Å²) in [4.78, 5) is 0. The molecule has 2 aromatic carbocycles. The second-order valence-electron chi connectivity index (χ2n) is 3.59. The summed E-state index contributed by atoms with van der Waals surface area (Å²) >= 11 is 0. The van der Waals surface area contributed by atoms with Gasteiger partial charge in [0.25, 0.3) is 0 Å². The lowest BCUT2D eigenvalue weighted by Gasteiger charge is -2.09. The van der Waals surface area contributed by atoms with Crippen LogP contribution in [0.3, 0.4) is 0 Å². The summed E-state index contributed by atoms with van der Waals surface area (Å²) in [6.07, 6.45) is -4.54. The maximum Gasteiger partial charge on any atom is 0.416 e. The van der Waals surface area contributed by atoms with Gasteiger partial charge < -0.3 is 0 Å². The summed E-state index contributed by atoms with van der Waals surface area (Å²) in [7, 11) is 0. The van der Waals surface area contributed by atoms with Crippen LogP contribution in [0.1, 0.15) is 5.56 Å². The monoisotopic (exact) mass is 240 g/mol. The highest BCUT2D eigenvalue weighted by molar-refractivity contribution is 5.64. The molecule has 88 valence electrons. The number of halogens is 4. The van der Waals surface area contributed by atoms with E-state index < -0.39 is 17.6 Å². The Morgan fingerprint density at radius 2 is 1.41 bits per heavy atom. The molecular formula is C13H8F4. The number of rotatable bonds is 1. The van der Waals surface area contributed by atoms with Crippen molar-refractivity contribution >= 4 is 0 Å². The van der Waals surface area contributed by atoms with Crippen molar-refractivity contribution in [3.8, 4) is 11.1 Å². The van der Waals surface area contributed by atoms with Crippen LogP contribution in [0.5, 0.6) is 0 Å². The van der Waals surface area contributed by atoms with Gasteiger partial charge in [0.15, 0.2) is 0 Å². The summed E-state index contributed by atoms with van der Waals surface area (Å²) < 4.78 is 50.6. The Balaban J connectivity index is 2.54. The molecule has 2 rings (SSSR count). The number of alkyl halides is 3. The fraction of sp³-hybridized carbons (Fsp3) is 0.0769. The molecule has 0 N–H and O–H groups in total. The van der Waals surface area contributed by atoms with Gasteiger partial charge in [-0.2, -0.15) is 13.2 Å². The predicted molar refractivity (Wildman–Crippen MR) is 56.8 cm³/mol. The first kappa shape index (κ1) is 11.6. The number of hydrogen-bond donors (Lipinski definition) is 0. The van der Waals surface area contributed by atoms with Crippen LogP contribution in [0.15, 0.2) is 48.5 Å². The zero-order valence-corrected chi connectivity index (χ0v) is 8.63. The largest absolute Gasteiger partial charge is 0.416 e. The van der Waals surface area contributed by atoms with Crippen LogP contribution in [0.25, 0.3) is 11.1 Å². The lowest BCUT2D eigenvalue weighted by atomic mass is 10.0. The first-order valence-corrected chi connectivity index (χ1v) is 4.90. The van der Waals surface area contributed by atoms with Gasteiger partial charge in [-0.05, 0) is 29.3 Å². The standard InChI is InChI=1S/C13H8F4/c14-12-7-10(9-4-2-1-3-5-9)6-11(8-12)13(15,16)17/h1-8H. The van der Waals surface area contributed by atoms with Gasteiger partial charge in [0.1, 0.15) is 5.82 Å². The second-order valence-corrected chi connectivity index (χ2v) is 3.59. The fourth-order valence-electron chi connectivity index (χ4n) is 1.55. The van der Waals surface area contributed by atoms with Crippen molar-refractivity contribution in [1.29, 1.82) is 0 Å². The number of benzene rings is 2. The lowest BCUT2D eigenvalue weighted by Crippen LogP contribution is -2.05. The molecule has 0 aliphatic rings. The molecule has 0 aliphatic carbocycles. The Morgan fingerprint density at radius 1 is 0.765 bits per heavy atom. The van der Waals surface area contributed by atoms with Crippen LogP contribution in [0.2, 0.25) is 0 Å². The van der Waals surface area contributed by atoms with E-state index in [-0.39, 0.29) is 5.56 Å². The normalized spacial score (nSPS) is 11.5. The molecule has 0 fully saturated rings. The Labute approximate surface area is 95.5 Å². The topological polar surface area (TPSA) is 0 Å². The van der Waals surface area contributed by atoms with Gasteiger partial charge in [-0.25, -0.2) is 4.39 Å². The SMILES string of the molecule is Fc1cc(-c2ccccc2)cc(C(F)(F)F)c1. The van der Waals surface area contributed by atoms with Crippen LogP contribution < -0.4 is 0 Å². The van der Waals surface area contributed by atoms with Crippen LogP contribution >= 0.6 is 0 Å². The zero-order valence-electron chi connectivity index (χ0n) is 8.63. The van der Waals surface area contributed by atoms with Crippen molar-refractivity contribution in [2.24, 2.45) is 0 Å². The first-order valence-electron chi connectivity index (χ1n) is 4.90. The molecule has 17 heavy (non-hydrogen) atoms. The molecule has 0 atom stereocenters. The van der Waals surface area contributed by atoms with Crippen molar-refractivity contribution in [3.05, 3.63) is 59.9 Å². The summed E-state index contributed by atoms with van der Waals surface area (Å²) in [6, 6.07) is 10.9. The van der Waals surface area contributed by atoms with Crippen molar-refractivity contribution in [1.82, 2.24) is 0 Å². The Hall–Kier alpha value is -1.84. The highest BCUT2D eigenvalue weighted by Gasteiger charge is 2.31. The van der Waals surface area contributed by atoms with Gasteiger partial charge in [0.05, 0.1) is 5.56 Å². The molecule has 0 amide bonds. The zero-order chi connectivity index (χ0) is 12.5. The highest BCUT2D eigenvalue weighted by Crippen LogP contribution is 2.32. The summed E-state index contributed by atoms with van der Waals surface area (Å²) in [5, 5.41) is 0. The first-order chi connectivity index (χ1) is 7.97. The average Bonchev–Trinajstić information content (AvgIpc) is 2.28. The molecule has 0 aromatic heterocycles. The third kappa shape index (κ3) is 2.64. The van der Waals surface area contributed by atoms with Crippen molar-refractivity contribution in [3.63, 3.8) is 0 Å². The van der Waals surface area contributed by atoms with E-state index in [9.17, 15) is 17.6 Å². The maximum absolute atomic E-state index is 13.1. The molecule has 0 aliphatic heterocycles. The summed E-state index contributed by atoms with van der Waals surface area (Å²) in [6.45, 7) is 0. The molecule has 0 unspecified atom stereocenters. The van der Waals surface area contributed by atoms with E-state index in [2.05, 4.69) is 0 Å². The lowest BCUT2D eigenvalue weighted by molar-refractivity contribution is -0.137. The van der Waals surface area contributed by atoms with Crippen LogP contribution in [-0.2, 0) is 6.18 Å². The van der Waals surface area contributed by atoms with E-state index in [0.717, 1.165) is 12.1 Å². The minimum atomic E-state index is -4.54. The second kappa shape index (κ2) is 4.20.